The normalized spacial score (nSPS) is 20.6. The molecule has 0 radical (unpaired) electrons. The quantitative estimate of drug-likeness (QED) is 0.219. The van der Waals surface area contributed by atoms with Crippen LogP contribution >= 0.6 is 0 Å². The Morgan fingerprint density at radius 1 is 1.12 bits per heavy atom. The predicted molar refractivity (Wildman–Crippen MR) is 122 cm³/mol. The third-order valence-corrected chi connectivity index (χ3v) is 5.11. The summed E-state index contributed by atoms with van der Waals surface area (Å²) in [6.07, 6.45) is 3.73. The Hall–Kier alpha value is -3.07. The van der Waals surface area contributed by atoms with Crippen molar-refractivity contribution in [3.8, 4) is 0 Å². The van der Waals surface area contributed by atoms with Crippen LogP contribution in [0, 0.1) is 10.1 Å². The second kappa shape index (κ2) is 11.2. The van der Waals surface area contributed by atoms with Crippen LogP contribution in [0.15, 0.2) is 66.7 Å². The Balaban J connectivity index is 1.49. The Labute approximate surface area is 193 Å². The lowest BCUT2D eigenvalue weighted by Crippen LogP contribution is -2.29. The first-order valence-corrected chi connectivity index (χ1v) is 10.8. The summed E-state index contributed by atoms with van der Waals surface area (Å²) in [7, 11) is 0. The van der Waals surface area contributed by atoms with Gasteiger partial charge in [-0.25, -0.2) is 4.79 Å². The van der Waals surface area contributed by atoms with Crippen molar-refractivity contribution < 1.29 is 28.7 Å². The van der Waals surface area contributed by atoms with Crippen LogP contribution in [-0.4, -0.2) is 41.6 Å². The predicted octanol–water partition coefficient (Wildman–Crippen LogP) is 4.82. The van der Waals surface area contributed by atoms with E-state index in [0.717, 1.165) is 5.56 Å². The summed E-state index contributed by atoms with van der Waals surface area (Å²) in [5, 5.41) is 10.8. The number of hydrogen-bond donors (Lipinski definition) is 0. The zero-order valence-electron chi connectivity index (χ0n) is 19.0. The number of nitro groups is 1. The molecule has 2 aromatic rings. The van der Waals surface area contributed by atoms with E-state index in [1.165, 1.54) is 24.3 Å². The third kappa shape index (κ3) is 7.49. The second-order valence-corrected chi connectivity index (χ2v) is 8.28. The van der Waals surface area contributed by atoms with Crippen molar-refractivity contribution in [2.45, 2.75) is 57.9 Å². The summed E-state index contributed by atoms with van der Waals surface area (Å²) >= 11 is 0. The number of non-ortho nitro benzene ring substituents is 1. The molecule has 0 bridgehead atoms. The summed E-state index contributed by atoms with van der Waals surface area (Å²) in [4.78, 5) is 22.6. The summed E-state index contributed by atoms with van der Waals surface area (Å²) in [6.45, 7) is 6.14. The molecule has 0 amide bonds. The van der Waals surface area contributed by atoms with Gasteiger partial charge in [-0.15, -0.1) is 0 Å². The molecule has 8 nitrogen and oxygen atoms in total. The van der Waals surface area contributed by atoms with Gasteiger partial charge in [0.2, 0.25) is 0 Å². The molecule has 0 aromatic heterocycles. The lowest BCUT2D eigenvalue weighted by molar-refractivity contribution is -0.384. The molecule has 3 rings (SSSR count). The molecule has 1 heterocycles. The van der Waals surface area contributed by atoms with Gasteiger partial charge in [0.15, 0.2) is 5.79 Å². The maximum absolute atomic E-state index is 12.3. The van der Waals surface area contributed by atoms with E-state index in [1.807, 2.05) is 63.3 Å². The number of carbonyl (C=O) groups is 1. The number of esters is 1. The molecule has 33 heavy (non-hydrogen) atoms. The van der Waals surface area contributed by atoms with Gasteiger partial charge in [0.25, 0.3) is 5.69 Å². The van der Waals surface area contributed by atoms with E-state index in [0.29, 0.717) is 13.0 Å². The zero-order valence-corrected chi connectivity index (χ0v) is 19.0. The topological polar surface area (TPSA) is 97.1 Å². The molecule has 3 atom stereocenters. The second-order valence-electron chi connectivity index (χ2n) is 8.28. The number of hydrogen-bond acceptors (Lipinski definition) is 7. The fourth-order valence-electron chi connectivity index (χ4n) is 3.47. The molecular formula is C25H29NO7. The highest BCUT2D eigenvalue weighted by atomic mass is 16.8. The Kier molecular flexibility index (Phi) is 8.32. The lowest BCUT2D eigenvalue weighted by Gasteiger charge is -2.16. The smallest absolute Gasteiger partial charge is 0.338 e. The fourth-order valence-corrected chi connectivity index (χ4v) is 3.47. The highest BCUT2D eigenvalue weighted by Crippen LogP contribution is 2.30. The monoisotopic (exact) mass is 455 g/mol. The highest BCUT2D eigenvalue weighted by Gasteiger charge is 2.41. The van der Waals surface area contributed by atoms with Crippen molar-refractivity contribution in [1.82, 2.24) is 0 Å². The summed E-state index contributed by atoms with van der Waals surface area (Å²) in [6, 6.07) is 15.2. The molecule has 1 saturated heterocycles. The average Bonchev–Trinajstić information content (AvgIpc) is 3.10. The van der Waals surface area contributed by atoms with E-state index in [9.17, 15) is 14.9 Å². The summed E-state index contributed by atoms with van der Waals surface area (Å²) in [5.41, 5.74) is 1.26. The van der Waals surface area contributed by atoms with Crippen molar-refractivity contribution in [1.29, 1.82) is 0 Å². The summed E-state index contributed by atoms with van der Waals surface area (Å²) in [5.74, 6) is -1.37. The third-order valence-electron chi connectivity index (χ3n) is 5.11. The maximum atomic E-state index is 12.3. The molecule has 0 N–H and O–H groups in total. The van der Waals surface area contributed by atoms with E-state index >= 15 is 0 Å². The largest absolute Gasteiger partial charge is 0.459 e. The highest BCUT2D eigenvalue weighted by molar-refractivity contribution is 5.89. The molecule has 1 fully saturated rings. The lowest BCUT2D eigenvalue weighted by atomic mass is 10.1. The van der Waals surface area contributed by atoms with Gasteiger partial charge in [-0.1, -0.05) is 42.5 Å². The first-order chi connectivity index (χ1) is 15.7. The van der Waals surface area contributed by atoms with Gasteiger partial charge in [-0.3, -0.25) is 10.1 Å². The van der Waals surface area contributed by atoms with Crippen LogP contribution in [0.1, 0.15) is 43.1 Å². The van der Waals surface area contributed by atoms with Crippen LogP contribution < -0.4 is 0 Å². The number of nitrogens with zero attached hydrogens (tertiary/aromatic N) is 1. The van der Waals surface area contributed by atoms with E-state index in [1.54, 1.807) is 0 Å². The SMILES string of the molecule is C[C@@H](/C=C\C[C@H]1OC(C)(C)O[C@@H]1COC(=O)c1ccc([N+](=O)[O-])cc1)OCc1ccccc1. The Morgan fingerprint density at radius 2 is 1.79 bits per heavy atom. The molecule has 1 aliphatic heterocycles. The van der Waals surface area contributed by atoms with Crippen molar-refractivity contribution >= 4 is 11.7 Å². The first-order valence-electron chi connectivity index (χ1n) is 10.8. The number of ether oxygens (including phenoxy) is 4. The minimum Gasteiger partial charge on any atom is -0.459 e. The van der Waals surface area contributed by atoms with Crippen LogP contribution in [0.4, 0.5) is 5.69 Å². The number of carbonyl (C=O) groups excluding carboxylic acids is 1. The number of rotatable bonds is 10. The molecule has 0 unspecified atom stereocenters. The Morgan fingerprint density at radius 3 is 2.45 bits per heavy atom. The van der Waals surface area contributed by atoms with Crippen LogP contribution in [0.2, 0.25) is 0 Å². The Bertz CT molecular complexity index is 956. The van der Waals surface area contributed by atoms with Crippen LogP contribution in [0.3, 0.4) is 0 Å². The molecule has 0 spiro atoms. The molecular weight excluding hydrogens is 426 g/mol. The minimum atomic E-state index is -0.793. The van der Waals surface area contributed by atoms with Gasteiger partial charge in [-0.2, -0.15) is 0 Å². The zero-order chi connectivity index (χ0) is 23.8. The van der Waals surface area contributed by atoms with Crippen molar-refractivity contribution in [2.75, 3.05) is 6.61 Å². The van der Waals surface area contributed by atoms with Gasteiger partial charge in [0.1, 0.15) is 12.7 Å². The van der Waals surface area contributed by atoms with Crippen molar-refractivity contribution in [3.05, 3.63) is 88.0 Å². The molecule has 176 valence electrons. The van der Waals surface area contributed by atoms with E-state index in [-0.39, 0.29) is 30.1 Å². The van der Waals surface area contributed by atoms with Gasteiger partial charge in [0.05, 0.1) is 29.3 Å². The van der Waals surface area contributed by atoms with Gasteiger partial charge >= 0.3 is 5.97 Å². The van der Waals surface area contributed by atoms with Gasteiger partial charge < -0.3 is 18.9 Å². The van der Waals surface area contributed by atoms with Crippen molar-refractivity contribution in [2.24, 2.45) is 0 Å². The van der Waals surface area contributed by atoms with E-state index < -0.39 is 22.8 Å². The van der Waals surface area contributed by atoms with Crippen molar-refractivity contribution in [3.63, 3.8) is 0 Å². The van der Waals surface area contributed by atoms with Crippen LogP contribution in [-0.2, 0) is 25.6 Å². The first kappa shape index (κ1) is 24.6. The molecule has 8 heteroatoms. The standard InChI is InChI=1S/C25H29NO7/c1-18(30-16-19-9-5-4-6-10-19)8-7-11-22-23(33-25(2,3)32-22)17-31-24(27)20-12-14-21(15-13-20)26(28)29/h4-10,12-15,18,22-23H,11,16-17H2,1-3H3/b8-7-/t18-,22+,23+/m0/s1. The number of benzene rings is 2. The summed E-state index contributed by atoms with van der Waals surface area (Å²) < 4.78 is 23.1. The van der Waals surface area contributed by atoms with E-state index in [4.69, 9.17) is 18.9 Å². The fraction of sp³-hybridized carbons (Fsp3) is 0.400. The molecule has 0 saturated carbocycles. The minimum absolute atomic E-state index is 0.0117. The van der Waals surface area contributed by atoms with Gasteiger partial charge in [0, 0.05) is 12.1 Å². The average molecular weight is 456 g/mol. The van der Waals surface area contributed by atoms with Crippen LogP contribution in [0.5, 0.6) is 0 Å². The van der Waals surface area contributed by atoms with Crippen LogP contribution in [0.25, 0.3) is 0 Å². The van der Waals surface area contributed by atoms with Gasteiger partial charge in [-0.05, 0) is 44.9 Å². The maximum Gasteiger partial charge on any atom is 0.338 e. The molecule has 1 aliphatic rings. The molecule has 2 aromatic carbocycles. The number of nitro benzene ring substituents is 1. The molecule has 0 aliphatic carbocycles. The van der Waals surface area contributed by atoms with E-state index in [2.05, 4.69) is 0 Å².